The van der Waals surface area contributed by atoms with Gasteiger partial charge >= 0.3 is 0 Å². The average molecular weight is 419 g/mol. The Morgan fingerprint density at radius 1 is 1.19 bits per heavy atom. The van der Waals surface area contributed by atoms with Gasteiger partial charge in [0.15, 0.2) is 11.4 Å². The van der Waals surface area contributed by atoms with Crippen LogP contribution in [-0.2, 0) is 0 Å². The minimum atomic E-state index is 0.323. The summed E-state index contributed by atoms with van der Waals surface area (Å²) in [6.45, 7) is 4.45. The van der Waals surface area contributed by atoms with E-state index in [1.165, 1.54) is 36.9 Å². The third-order valence-corrected chi connectivity index (χ3v) is 6.68. The van der Waals surface area contributed by atoms with Crippen molar-refractivity contribution in [3.05, 3.63) is 42.0 Å². The highest BCUT2D eigenvalue weighted by Gasteiger charge is 2.24. The van der Waals surface area contributed by atoms with E-state index in [4.69, 9.17) is 9.72 Å². The van der Waals surface area contributed by atoms with Gasteiger partial charge in [-0.1, -0.05) is 13.8 Å². The lowest BCUT2D eigenvalue weighted by Crippen LogP contribution is -2.29. The van der Waals surface area contributed by atoms with Gasteiger partial charge in [-0.15, -0.1) is 0 Å². The summed E-state index contributed by atoms with van der Waals surface area (Å²) in [4.78, 5) is 13.1. The first-order chi connectivity index (χ1) is 15.1. The highest BCUT2D eigenvalue weighted by molar-refractivity contribution is 5.89. The number of H-pyrrole nitrogens is 1. The molecule has 2 N–H and O–H groups in total. The summed E-state index contributed by atoms with van der Waals surface area (Å²) in [5, 5.41) is 7.75. The summed E-state index contributed by atoms with van der Waals surface area (Å²) in [7, 11) is 3.73. The van der Waals surface area contributed by atoms with Gasteiger partial charge in [0.2, 0.25) is 0 Å². The monoisotopic (exact) mass is 418 g/mol. The van der Waals surface area contributed by atoms with Gasteiger partial charge in [0.25, 0.3) is 0 Å². The van der Waals surface area contributed by atoms with Crippen LogP contribution in [0.25, 0.3) is 27.9 Å². The Bertz CT molecular complexity index is 1220. The van der Waals surface area contributed by atoms with E-state index in [1.807, 2.05) is 12.3 Å². The van der Waals surface area contributed by atoms with Crippen LogP contribution < -0.4 is 10.1 Å². The van der Waals surface area contributed by atoms with Crippen molar-refractivity contribution in [2.45, 2.75) is 57.4 Å². The first-order valence-electron chi connectivity index (χ1n) is 11.2. The van der Waals surface area contributed by atoms with Crippen LogP contribution in [0.5, 0.6) is 5.75 Å². The first-order valence-corrected chi connectivity index (χ1v) is 11.2. The SMILES string of the molecule is CNC1CCC(c2ccc3[nH]c(-c4cc(OC)c5ncnn5c4)c(C(C)C)c3n2)CC1. The Kier molecular flexibility index (Phi) is 5.14. The lowest BCUT2D eigenvalue weighted by Gasteiger charge is -2.27. The molecule has 0 unspecified atom stereocenters. The number of nitrogens with zero attached hydrogens (tertiary/aromatic N) is 4. The molecule has 1 aliphatic carbocycles. The highest BCUT2D eigenvalue weighted by Crippen LogP contribution is 2.38. The van der Waals surface area contributed by atoms with Gasteiger partial charge in [-0.25, -0.2) is 9.50 Å². The van der Waals surface area contributed by atoms with Gasteiger partial charge in [-0.05, 0) is 56.8 Å². The molecule has 0 atom stereocenters. The summed E-state index contributed by atoms with van der Waals surface area (Å²) in [5.41, 5.74) is 7.42. The second-order valence-electron chi connectivity index (χ2n) is 8.86. The number of fused-ring (bicyclic) bond motifs is 2. The topological polar surface area (TPSA) is 80.1 Å². The van der Waals surface area contributed by atoms with E-state index in [0.29, 0.717) is 29.3 Å². The molecule has 7 heteroatoms. The van der Waals surface area contributed by atoms with E-state index in [-0.39, 0.29) is 0 Å². The summed E-state index contributed by atoms with van der Waals surface area (Å²) < 4.78 is 7.35. The van der Waals surface area contributed by atoms with Crippen LogP contribution >= 0.6 is 0 Å². The molecule has 1 aliphatic rings. The van der Waals surface area contributed by atoms with Gasteiger partial charge < -0.3 is 15.0 Å². The van der Waals surface area contributed by atoms with Gasteiger partial charge in [-0.2, -0.15) is 5.10 Å². The lowest BCUT2D eigenvalue weighted by atomic mass is 9.84. The van der Waals surface area contributed by atoms with Crippen LogP contribution in [0.15, 0.2) is 30.7 Å². The van der Waals surface area contributed by atoms with Crippen molar-refractivity contribution < 1.29 is 4.74 Å². The third-order valence-electron chi connectivity index (χ3n) is 6.68. The van der Waals surface area contributed by atoms with Crippen LogP contribution in [0.4, 0.5) is 0 Å². The van der Waals surface area contributed by atoms with Crippen LogP contribution in [0.2, 0.25) is 0 Å². The molecule has 162 valence electrons. The third kappa shape index (κ3) is 3.47. The largest absolute Gasteiger partial charge is 0.493 e. The molecular weight excluding hydrogens is 388 g/mol. The maximum absolute atomic E-state index is 5.58. The zero-order valence-electron chi connectivity index (χ0n) is 18.6. The predicted molar refractivity (Wildman–Crippen MR) is 123 cm³/mol. The molecule has 5 rings (SSSR count). The molecule has 0 radical (unpaired) electrons. The fourth-order valence-corrected chi connectivity index (χ4v) is 4.98. The Labute approximate surface area is 182 Å². The van der Waals surface area contributed by atoms with Gasteiger partial charge in [0, 0.05) is 35.0 Å². The van der Waals surface area contributed by atoms with Crippen LogP contribution in [0.3, 0.4) is 0 Å². The molecule has 1 saturated carbocycles. The van der Waals surface area contributed by atoms with Crippen LogP contribution in [0.1, 0.15) is 62.6 Å². The fraction of sp³-hybridized carbons (Fsp3) is 0.458. The van der Waals surface area contributed by atoms with E-state index in [1.54, 1.807) is 18.0 Å². The Morgan fingerprint density at radius 2 is 2.00 bits per heavy atom. The second kappa shape index (κ2) is 7.96. The van der Waals surface area contributed by atoms with Crippen molar-refractivity contribution >= 4 is 16.7 Å². The predicted octanol–water partition coefficient (Wildman–Crippen LogP) is 4.65. The molecule has 0 bridgehead atoms. The van der Waals surface area contributed by atoms with Crippen molar-refractivity contribution in [1.82, 2.24) is 29.9 Å². The minimum absolute atomic E-state index is 0.323. The summed E-state index contributed by atoms with van der Waals surface area (Å²) in [6, 6.07) is 7.08. The van der Waals surface area contributed by atoms with Crippen molar-refractivity contribution in [2.24, 2.45) is 0 Å². The summed E-state index contributed by atoms with van der Waals surface area (Å²) in [5.74, 6) is 1.57. The standard InChI is InChI=1S/C24H30N6O/c1-14(2)21-22(16-11-20(31-4)24-26-13-27-30(24)12-16)29-19-10-9-18(28-23(19)21)15-5-7-17(25-3)8-6-15/h9-15,17,25,29H,5-8H2,1-4H3. The number of aromatic amines is 1. The molecule has 0 aliphatic heterocycles. The molecular formula is C24H30N6O. The maximum atomic E-state index is 5.58. The zero-order chi connectivity index (χ0) is 21.5. The number of aromatic nitrogens is 5. The van der Waals surface area contributed by atoms with E-state index < -0.39 is 0 Å². The van der Waals surface area contributed by atoms with E-state index in [9.17, 15) is 0 Å². The van der Waals surface area contributed by atoms with E-state index >= 15 is 0 Å². The number of hydrogen-bond acceptors (Lipinski definition) is 5. The van der Waals surface area contributed by atoms with Gasteiger partial charge in [-0.3, -0.25) is 4.98 Å². The fourth-order valence-electron chi connectivity index (χ4n) is 4.98. The smallest absolute Gasteiger partial charge is 0.197 e. The maximum Gasteiger partial charge on any atom is 0.197 e. The van der Waals surface area contributed by atoms with Crippen molar-refractivity contribution in [3.8, 4) is 17.0 Å². The molecule has 0 spiro atoms. The normalized spacial score (nSPS) is 19.5. The molecule has 0 saturated heterocycles. The molecule has 0 amide bonds. The molecule has 7 nitrogen and oxygen atoms in total. The zero-order valence-corrected chi connectivity index (χ0v) is 18.6. The minimum Gasteiger partial charge on any atom is -0.493 e. The van der Waals surface area contributed by atoms with E-state index in [0.717, 1.165) is 22.3 Å². The van der Waals surface area contributed by atoms with Crippen LogP contribution in [-0.4, -0.2) is 44.8 Å². The first kappa shape index (κ1) is 20.0. The molecule has 4 aromatic heterocycles. The second-order valence-corrected chi connectivity index (χ2v) is 8.86. The van der Waals surface area contributed by atoms with Crippen LogP contribution in [0, 0.1) is 0 Å². The number of hydrogen-bond donors (Lipinski definition) is 2. The number of ether oxygens (including phenoxy) is 1. The molecule has 4 heterocycles. The highest BCUT2D eigenvalue weighted by atomic mass is 16.5. The van der Waals surface area contributed by atoms with Crippen molar-refractivity contribution in [2.75, 3.05) is 14.2 Å². The van der Waals surface area contributed by atoms with Crippen molar-refractivity contribution in [1.29, 1.82) is 0 Å². The van der Waals surface area contributed by atoms with Gasteiger partial charge in [0.05, 0.1) is 23.8 Å². The number of rotatable bonds is 5. The van der Waals surface area contributed by atoms with E-state index in [2.05, 4.69) is 53.4 Å². The molecule has 31 heavy (non-hydrogen) atoms. The Hall–Kier alpha value is -2.93. The Morgan fingerprint density at radius 3 is 2.71 bits per heavy atom. The molecule has 1 fully saturated rings. The number of methoxy groups -OCH3 is 1. The number of nitrogens with one attached hydrogen (secondary N) is 2. The number of pyridine rings is 2. The van der Waals surface area contributed by atoms with Gasteiger partial charge in [0.1, 0.15) is 6.33 Å². The van der Waals surface area contributed by atoms with Crippen molar-refractivity contribution in [3.63, 3.8) is 0 Å². The Balaban J connectivity index is 1.60. The molecule has 4 aromatic rings. The summed E-state index contributed by atoms with van der Waals surface area (Å²) >= 11 is 0. The lowest BCUT2D eigenvalue weighted by molar-refractivity contribution is 0.355. The quantitative estimate of drug-likeness (QED) is 0.493. The summed E-state index contributed by atoms with van der Waals surface area (Å²) in [6.07, 6.45) is 8.37. The average Bonchev–Trinajstić information content (AvgIpc) is 3.42. The molecule has 0 aromatic carbocycles.